The van der Waals surface area contributed by atoms with Gasteiger partial charge in [0.2, 0.25) is 11.8 Å². The second-order valence-corrected chi connectivity index (χ2v) is 6.53. The fourth-order valence-electron chi connectivity index (χ4n) is 3.52. The highest BCUT2D eigenvalue weighted by molar-refractivity contribution is 6.03. The highest BCUT2D eigenvalue weighted by Crippen LogP contribution is 2.32. The van der Waals surface area contributed by atoms with Crippen molar-refractivity contribution >= 4 is 23.3 Å². The van der Waals surface area contributed by atoms with Gasteiger partial charge in [-0.3, -0.25) is 14.4 Å². The molecule has 2 amide bonds. The molecule has 3 rings (SSSR count). The van der Waals surface area contributed by atoms with Crippen LogP contribution in [0.3, 0.4) is 0 Å². The van der Waals surface area contributed by atoms with E-state index >= 15 is 0 Å². The van der Waals surface area contributed by atoms with Crippen LogP contribution in [0.15, 0.2) is 48.5 Å². The van der Waals surface area contributed by atoms with Crippen LogP contribution >= 0.6 is 0 Å². The van der Waals surface area contributed by atoms with E-state index in [4.69, 9.17) is 0 Å². The third-order valence-electron chi connectivity index (χ3n) is 4.78. The third-order valence-corrected chi connectivity index (χ3v) is 4.78. The van der Waals surface area contributed by atoms with Gasteiger partial charge in [0.05, 0.1) is 18.2 Å². The number of fused-ring (bicyclic) bond motifs is 1. The minimum atomic E-state index is -0.290. The summed E-state index contributed by atoms with van der Waals surface area (Å²) in [5, 5.41) is 2.83. The van der Waals surface area contributed by atoms with Crippen LogP contribution in [0.1, 0.15) is 47.8 Å². The Labute approximate surface area is 153 Å². The number of hydrogen-bond acceptors (Lipinski definition) is 3. The molecule has 2 aromatic rings. The maximum Gasteiger partial charge on any atom is 0.226 e. The molecule has 1 unspecified atom stereocenters. The molecule has 0 radical (unpaired) electrons. The maximum atomic E-state index is 12.7. The van der Waals surface area contributed by atoms with Crippen molar-refractivity contribution in [3.05, 3.63) is 65.2 Å². The van der Waals surface area contributed by atoms with Crippen LogP contribution in [-0.2, 0) is 16.0 Å². The Bertz CT molecular complexity index is 860. The third kappa shape index (κ3) is 3.67. The molecular formula is C21H22N2O3. The topological polar surface area (TPSA) is 66.5 Å². The highest BCUT2D eigenvalue weighted by Gasteiger charge is 2.30. The average Bonchev–Trinajstić information content (AvgIpc) is 2.62. The summed E-state index contributed by atoms with van der Waals surface area (Å²) in [6.07, 6.45) is 0.948. The Balaban J connectivity index is 1.83. The Hall–Kier alpha value is -2.95. The van der Waals surface area contributed by atoms with E-state index in [2.05, 4.69) is 5.32 Å². The van der Waals surface area contributed by atoms with E-state index in [9.17, 15) is 14.4 Å². The first kappa shape index (κ1) is 17.9. The van der Waals surface area contributed by atoms with Crippen molar-refractivity contribution in [3.63, 3.8) is 0 Å². The lowest BCUT2D eigenvalue weighted by molar-refractivity contribution is -0.132. The molecule has 1 N–H and O–H groups in total. The molecule has 0 aliphatic carbocycles. The normalized spacial score (nSPS) is 15.9. The molecule has 1 heterocycles. The number of hydrogen-bond donors (Lipinski definition) is 1. The summed E-state index contributed by atoms with van der Waals surface area (Å²) in [5.41, 5.74) is 3.17. The molecule has 0 bridgehead atoms. The molecule has 1 aliphatic heterocycles. The minimum absolute atomic E-state index is 0.0403. The van der Waals surface area contributed by atoms with E-state index in [0.29, 0.717) is 17.8 Å². The van der Waals surface area contributed by atoms with Gasteiger partial charge in [-0.25, -0.2) is 0 Å². The lowest BCUT2D eigenvalue weighted by Gasteiger charge is -2.36. The average molecular weight is 350 g/mol. The van der Waals surface area contributed by atoms with Crippen molar-refractivity contribution < 1.29 is 14.4 Å². The zero-order valence-electron chi connectivity index (χ0n) is 15.0. The molecule has 5 nitrogen and oxygen atoms in total. The van der Waals surface area contributed by atoms with E-state index < -0.39 is 0 Å². The zero-order chi connectivity index (χ0) is 18.7. The number of Topliss-reactive ketones (excluding diaryl/α,β-unsaturated/α-hetero) is 1. The first-order chi connectivity index (χ1) is 12.5. The van der Waals surface area contributed by atoms with Gasteiger partial charge in [-0.15, -0.1) is 0 Å². The Morgan fingerprint density at radius 1 is 1.04 bits per heavy atom. The molecule has 1 aliphatic rings. The monoisotopic (exact) mass is 350 g/mol. The summed E-state index contributed by atoms with van der Waals surface area (Å²) >= 11 is 0. The number of carbonyl (C=O) groups is 3. The van der Waals surface area contributed by atoms with E-state index in [1.54, 1.807) is 29.2 Å². The number of rotatable bonds is 4. The number of carbonyl (C=O) groups excluding carboxylic acids is 3. The van der Waals surface area contributed by atoms with E-state index in [-0.39, 0.29) is 30.1 Å². The van der Waals surface area contributed by atoms with Gasteiger partial charge in [0.15, 0.2) is 5.78 Å². The van der Waals surface area contributed by atoms with Gasteiger partial charge < -0.3 is 10.2 Å². The Kier molecular flexibility index (Phi) is 5.16. The van der Waals surface area contributed by atoms with Crippen LogP contribution < -0.4 is 5.32 Å². The second kappa shape index (κ2) is 7.52. The van der Waals surface area contributed by atoms with Crippen LogP contribution in [0.5, 0.6) is 0 Å². The Morgan fingerprint density at radius 3 is 2.46 bits per heavy atom. The van der Waals surface area contributed by atoms with Crippen molar-refractivity contribution in [2.45, 2.75) is 32.7 Å². The number of amides is 2. The number of anilines is 1. The maximum absolute atomic E-state index is 12.7. The van der Waals surface area contributed by atoms with Crippen molar-refractivity contribution in [1.29, 1.82) is 0 Å². The van der Waals surface area contributed by atoms with Crippen LogP contribution in [-0.4, -0.2) is 29.0 Å². The lowest BCUT2D eigenvalue weighted by Crippen LogP contribution is -2.40. The number of ketones is 1. The fourth-order valence-corrected chi connectivity index (χ4v) is 3.52. The molecule has 5 heteroatoms. The summed E-state index contributed by atoms with van der Waals surface area (Å²) in [7, 11) is 0. The fraction of sp³-hybridized carbons (Fsp3) is 0.286. The molecule has 0 saturated carbocycles. The predicted octanol–water partition coefficient (Wildman–Crippen LogP) is 3.36. The molecular weight excluding hydrogens is 328 g/mol. The number of para-hydroxylation sites is 1. The number of nitrogens with zero attached hydrogens (tertiary/aromatic N) is 1. The van der Waals surface area contributed by atoms with Crippen LogP contribution in [0.25, 0.3) is 0 Å². The summed E-state index contributed by atoms with van der Waals surface area (Å²) in [6.45, 7) is 3.61. The molecule has 1 atom stereocenters. The first-order valence-electron chi connectivity index (χ1n) is 8.72. The van der Waals surface area contributed by atoms with Gasteiger partial charge in [0.25, 0.3) is 0 Å². The van der Waals surface area contributed by atoms with Gasteiger partial charge >= 0.3 is 0 Å². The largest absolute Gasteiger partial charge is 0.335 e. The van der Waals surface area contributed by atoms with Gasteiger partial charge in [-0.05, 0) is 36.6 Å². The molecule has 0 saturated heterocycles. The smallest absolute Gasteiger partial charge is 0.226 e. The van der Waals surface area contributed by atoms with Gasteiger partial charge in [-0.1, -0.05) is 36.4 Å². The zero-order valence-corrected chi connectivity index (χ0v) is 15.0. The van der Waals surface area contributed by atoms with Crippen LogP contribution in [0, 0.1) is 0 Å². The van der Waals surface area contributed by atoms with Gasteiger partial charge in [0, 0.05) is 19.0 Å². The highest BCUT2D eigenvalue weighted by atomic mass is 16.2. The van der Waals surface area contributed by atoms with Crippen LogP contribution in [0.4, 0.5) is 5.69 Å². The SMILES string of the molecule is CC(=O)c1ccccc1NC(=O)CC1c2ccccc2CCN1C(C)=O. The summed E-state index contributed by atoms with van der Waals surface area (Å²) in [4.78, 5) is 38.2. The van der Waals surface area contributed by atoms with Crippen molar-refractivity contribution in [1.82, 2.24) is 4.90 Å². The van der Waals surface area contributed by atoms with Gasteiger partial charge in [0.1, 0.15) is 0 Å². The molecule has 2 aromatic carbocycles. The summed E-state index contributed by atoms with van der Waals surface area (Å²) in [6, 6.07) is 14.6. The van der Waals surface area contributed by atoms with E-state index in [0.717, 1.165) is 12.0 Å². The van der Waals surface area contributed by atoms with Crippen molar-refractivity contribution in [2.75, 3.05) is 11.9 Å². The molecule has 26 heavy (non-hydrogen) atoms. The molecule has 0 fully saturated rings. The van der Waals surface area contributed by atoms with Crippen molar-refractivity contribution in [2.24, 2.45) is 0 Å². The van der Waals surface area contributed by atoms with Crippen molar-refractivity contribution in [3.8, 4) is 0 Å². The standard InChI is InChI=1S/C21H22N2O3/c1-14(24)17-8-5-6-10-19(17)22-21(26)13-20-18-9-4-3-7-16(18)11-12-23(20)15(2)25/h3-10,20H,11-13H2,1-2H3,(H,22,26). The predicted molar refractivity (Wildman–Crippen MR) is 100.0 cm³/mol. The minimum Gasteiger partial charge on any atom is -0.335 e. The summed E-state index contributed by atoms with van der Waals surface area (Å²) < 4.78 is 0. The van der Waals surface area contributed by atoms with Gasteiger partial charge in [-0.2, -0.15) is 0 Å². The Morgan fingerprint density at radius 2 is 1.73 bits per heavy atom. The molecule has 0 spiro atoms. The summed E-state index contributed by atoms with van der Waals surface area (Å²) in [5.74, 6) is -0.359. The lowest BCUT2D eigenvalue weighted by atomic mass is 9.90. The molecule has 134 valence electrons. The quantitative estimate of drug-likeness (QED) is 0.860. The van der Waals surface area contributed by atoms with Crippen LogP contribution in [0.2, 0.25) is 0 Å². The number of nitrogens with one attached hydrogen (secondary N) is 1. The van der Waals surface area contributed by atoms with E-state index in [1.165, 1.54) is 19.4 Å². The first-order valence-corrected chi connectivity index (χ1v) is 8.72. The number of benzene rings is 2. The van der Waals surface area contributed by atoms with E-state index in [1.807, 2.05) is 24.3 Å². The second-order valence-electron chi connectivity index (χ2n) is 6.53. The molecule has 0 aromatic heterocycles.